The lowest BCUT2D eigenvalue weighted by Gasteiger charge is -2.22. The zero-order valence-electron chi connectivity index (χ0n) is 10.2. The Morgan fingerprint density at radius 1 is 1.41 bits per heavy atom. The average Bonchev–Trinajstić information content (AvgIpc) is 2.09. The molecule has 0 rings (SSSR count). The van der Waals surface area contributed by atoms with Gasteiger partial charge >= 0.3 is 12.1 Å². The lowest BCUT2D eigenvalue weighted by Crippen LogP contribution is -2.45. The molecule has 0 atom stereocenters. The smallest absolute Gasteiger partial charge is 0.414 e. The molecule has 98 valence electrons. The predicted octanol–water partition coefficient (Wildman–Crippen LogP) is 0.273. The third-order valence-corrected chi connectivity index (χ3v) is 1.44. The van der Waals surface area contributed by atoms with Crippen LogP contribution in [0.2, 0.25) is 0 Å². The first kappa shape index (κ1) is 15.0. The van der Waals surface area contributed by atoms with Crippen LogP contribution in [0.3, 0.4) is 0 Å². The fourth-order valence-electron chi connectivity index (χ4n) is 0.869. The standard InChI is InChI=1S/C9H17N3O5/c1-9(2,3)17-8(15)10-7(11-16)12(4)5-6(13)14/h16H,5H2,1-4H3,(H,13,14)(H,10,11,15). The minimum atomic E-state index is -1.13. The van der Waals surface area contributed by atoms with E-state index in [4.69, 9.17) is 15.1 Å². The molecule has 3 N–H and O–H groups in total. The molecule has 0 aromatic carbocycles. The fourth-order valence-corrected chi connectivity index (χ4v) is 0.869. The number of oxime groups is 1. The molecule has 0 unspecified atom stereocenters. The van der Waals surface area contributed by atoms with E-state index in [0.717, 1.165) is 4.90 Å². The van der Waals surface area contributed by atoms with Gasteiger partial charge in [-0.1, -0.05) is 5.16 Å². The van der Waals surface area contributed by atoms with Crippen LogP contribution >= 0.6 is 0 Å². The van der Waals surface area contributed by atoms with E-state index >= 15 is 0 Å². The SMILES string of the molecule is CN(CC(=O)O)C(=NO)NC(=O)OC(C)(C)C. The summed E-state index contributed by atoms with van der Waals surface area (Å²) in [6, 6.07) is 0. The van der Waals surface area contributed by atoms with Crippen molar-refractivity contribution in [1.82, 2.24) is 10.2 Å². The summed E-state index contributed by atoms with van der Waals surface area (Å²) in [6.45, 7) is 4.59. The number of aliphatic carboxylic acids is 1. The molecule has 0 aromatic heterocycles. The molecule has 0 spiro atoms. The van der Waals surface area contributed by atoms with Crippen LogP contribution in [0.4, 0.5) is 4.79 Å². The summed E-state index contributed by atoms with van der Waals surface area (Å²) in [4.78, 5) is 22.8. The summed E-state index contributed by atoms with van der Waals surface area (Å²) in [5.74, 6) is -1.43. The molecule has 0 saturated carbocycles. The molecular weight excluding hydrogens is 230 g/mol. The normalized spacial score (nSPS) is 11.9. The lowest BCUT2D eigenvalue weighted by atomic mass is 10.2. The zero-order chi connectivity index (χ0) is 13.6. The van der Waals surface area contributed by atoms with Gasteiger partial charge < -0.3 is 20.0 Å². The van der Waals surface area contributed by atoms with Crippen LogP contribution in [0.1, 0.15) is 20.8 Å². The minimum absolute atomic E-state index is 0.304. The average molecular weight is 247 g/mol. The highest BCUT2D eigenvalue weighted by Crippen LogP contribution is 2.06. The Bertz CT molecular complexity index is 321. The number of rotatable bonds is 2. The largest absolute Gasteiger partial charge is 0.480 e. The zero-order valence-corrected chi connectivity index (χ0v) is 10.2. The minimum Gasteiger partial charge on any atom is -0.480 e. The van der Waals surface area contributed by atoms with Crippen LogP contribution < -0.4 is 5.32 Å². The van der Waals surface area contributed by atoms with Crippen molar-refractivity contribution in [2.45, 2.75) is 26.4 Å². The van der Waals surface area contributed by atoms with E-state index in [-0.39, 0.29) is 5.96 Å². The Balaban J connectivity index is 4.42. The maximum absolute atomic E-state index is 11.3. The molecule has 1 amide bonds. The van der Waals surface area contributed by atoms with Gasteiger partial charge in [-0.15, -0.1) is 0 Å². The molecule has 8 heteroatoms. The van der Waals surface area contributed by atoms with E-state index in [1.165, 1.54) is 7.05 Å². The van der Waals surface area contributed by atoms with Gasteiger partial charge in [-0.2, -0.15) is 0 Å². The molecule has 0 bridgehead atoms. The third kappa shape index (κ3) is 6.98. The van der Waals surface area contributed by atoms with E-state index < -0.39 is 24.2 Å². The number of likely N-dealkylation sites (N-methyl/N-ethyl adjacent to an activating group) is 1. The third-order valence-electron chi connectivity index (χ3n) is 1.44. The van der Waals surface area contributed by atoms with E-state index in [1.807, 2.05) is 0 Å². The first-order valence-corrected chi connectivity index (χ1v) is 4.80. The van der Waals surface area contributed by atoms with Gasteiger partial charge in [-0.25, -0.2) is 4.79 Å². The Kier molecular flexibility index (Phi) is 5.23. The van der Waals surface area contributed by atoms with Crippen molar-refractivity contribution in [1.29, 1.82) is 0 Å². The highest BCUT2D eigenvalue weighted by Gasteiger charge is 2.19. The number of hydrogen-bond donors (Lipinski definition) is 3. The van der Waals surface area contributed by atoms with Gasteiger partial charge in [0.05, 0.1) is 0 Å². The Morgan fingerprint density at radius 2 is 1.94 bits per heavy atom. The van der Waals surface area contributed by atoms with Crippen LogP contribution in [-0.4, -0.2) is 52.4 Å². The molecule has 0 aliphatic rings. The van der Waals surface area contributed by atoms with Crippen LogP contribution in [0.25, 0.3) is 0 Å². The van der Waals surface area contributed by atoms with Crippen molar-refractivity contribution in [2.24, 2.45) is 5.16 Å². The molecule has 0 aromatic rings. The molecule has 0 heterocycles. The molecular formula is C9H17N3O5. The Hall–Kier alpha value is -1.99. The van der Waals surface area contributed by atoms with Gasteiger partial charge in [0.25, 0.3) is 0 Å². The van der Waals surface area contributed by atoms with Gasteiger partial charge in [0.2, 0.25) is 5.96 Å². The van der Waals surface area contributed by atoms with Crippen molar-refractivity contribution in [3.8, 4) is 0 Å². The number of hydrogen-bond acceptors (Lipinski definition) is 5. The Labute approximate surface area is 98.8 Å². The second kappa shape index (κ2) is 5.92. The lowest BCUT2D eigenvalue weighted by molar-refractivity contribution is -0.137. The number of alkyl carbamates (subject to hydrolysis) is 1. The van der Waals surface area contributed by atoms with Crippen molar-refractivity contribution in [3.63, 3.8) is 0 Å². The predicted molar refractivity (Wildman–Crippen MR) is 58.9 cm³/mol. The van der Waals surface area contributed by atoms with Gasteiger partial charge in [0, 0.05) is 7.05 Å². The second-order valence-electron chi connectivity index (χ2n) is 4.30. The van der Waals surface area contributed by atoms with Gasteiger partial charge in [-0.05, 0) is 20.8 Å². The van der Waals surface area contributed by atoms with Gasteiger partial charge in [0.1, 0.15) is 12.1 Å². The maximum Gasteiger partial charge on any atom is 0.414 e. The topological polar surface area (TPSA) is 111 Å². The number of amides is 1. The fraction of sp³-hybridized carbons (Fsp3) is 0.667. The Morgan fingerprint density at radius 3 is 2.29 bits per heavy atom. The van der Waals surface area contributed by atoms with Crippen molar-refractivity contribution < 1.29 is 24.6 Å². The summed E-state index contributed by atoms with van der Waals surface area (Å²) < 4.78 is 4.91. The summed E-state index contributed by atoms with van der Waals surface area (Å²) >= 11 is 0. The molecule has 0 fully saturated rings. The number of carbonyl (C=O) groups is 2. The molecule has 17 heavy (non-hydrogen) atoms. The number of nitrogens with zero attached hydrogens (tertiary/aromatic N) is 2. The number of guanidine groups is 1. The number of ether oxygens (including phenoxy) is 1. The summed E-state index contributed by atoms with van der Waals surface area (Å²) in [6.07, 6.45) is -0.831. The molecule has 8 nitrogen and oxygen atoms in total. The summed E-state index contributed by atoms with van der Waals surface area (Å²) in [5, 5.41) is 22.1. The van der Waals surface area contributed by atoms with Crippen LogP contribution in [0.5, 0.6) is 0 Å². The molecule has 0 radical (unpaired) electrons. The monoisotopic (exact) mass is 247 g/mol. The quantitative estimate of drug-likeness (QED) is 0.279. The number of carbonyl (C=O) groups excluding carboxylic acids is 1. The first-order valence-electron chi connectivity index (χ1n) is 4.80. The van der Waals surface area contributed by atoms with E-state index in [1.54, 1.807) is 20.8 Å². The van der Waals surface area contributed by atoms with Crippen LogP contribution in [-0.2, 0) is 9.53 Å². The highest BCUT2D eigenvalue weighted by atomic mass is 16.6. The maximum atomic E-state index is 11.3. The van der Waals surface area contributed by atoms with Crippen molar-refractivity contribution in [3.05, 3.63) is 0 Å². The molecule has 0 aliphatic carbocycles. The second-order valence-corrected chi connectivity index (χ2v) is 4.30. The van der Waals surface area contributed by atoms with E-state index in [2.05, 4.69) is 10.5 Å². The van der Waals surface area contributed by atoms with Gasteiger partial charge in [-0.3, -0.25) is 10.1 Å². The molecule has 0 saturated heterocycles. The van der Waals surface area contributed by atoms with Gasteiger partial charge in [0.15, 0.2) is 0 Å². The highest BCUT2D eigenvalue weighted by molar-refractivity contribution is 5.94. The van der Waals surface area contributed by atoms with E-state index in [9.17, 15) is 9.59 Å². The van der Waals surface area contributed by atoms with E-state index in [0.29, 0.717) is 0 Å². The number of carboxylic acids is 1. The molecule has 0 aliphatic heterocycles. The summed E-state index contributed by atoms with van der Waals surface area (Å²) in [5.41, 5.74) is -0.698. The van der Waals surface area contributed by atoms with Crippen molar-refractivity contribution >= 4 is 18.0 Å². The van der Waals surface area contributed by atoms with Crippen LogP contribution in [0, 0.1) is 0 Å². The number of nitrogens with one attached hydrogen (secondary N) is 1. The van der Waals surface area contributed by atoms with Crippen LogP contribution in [0.15, 0.2) is 5.16 Å². The van der Waals surface area contributed by atoms with Crippen molar-refractivity contribution in [2.75, 3.05) is 13.6 Å². The summed E-state index contributed by atoms with van der Waals surface area (Å²) in [7, 11) is 1.35. The first-order chi connectivity index (χ1) is 7.65. The number of carboxylic acid groups (broad SMARTS) is 1.